The van der Waals surface area contributed by atoms with E-state index in [0.29, 0.717) is 19.8 Å². The number of piperazine rings is 2. The van der Waals surface area contributed by atoms with Gasteiger partial charge in [-0.1, -0.05) is 0 Å². The second-order valence-corrected chi connectivity index (χ2v) is 7.12. The standard InChI is InChI=1S/C18H24N4O4/c23-17(10-14-18(24)20-4-3-19-14)22-7-5-21(6-8-22)11-13-1-2-15-16(9-13)26-12-25-15/h1-2,9,14,19H,3-8,10-12H2,(H,20,24)/p+2/t14-/m1/s1. The van der Waals surface area contributed by atoms with Crippen molar-refractivity contribution in [2.75, 3.05) is 46.1 Å². The number of fused-ring (bicyclic) bond motifs is 1. The quantitative estimate of drug-likeness (QED) is 0.536. The molecule has 1 aromatic rings. The molecule has 1 atom stereocenters. The Balaban J connectivity index is 1.26. The molecule has 3 aliphatic rings. The molecule has 2 saturated heterocycles. The van der Waals surface area contributed by atoms with E-state index in [2.05, 4.69) is 11.4 Å². The molecular formula is C18H26N4O4+2. The number of rotatable bonds is 4. The van der Waals surface area contributed by atoms with Crippen molar-refractivity contribution < 1.29 is 29.3 Å². The Kier molecular flexibility index (Phi) is 4.94. The molecule has 3 heterocycles. The number of hydrogen-bond donors (Lipinski definition) is 3. The molecule has 3 aliphatic heterocycles. The highest BCUT2D eigenvalue weighted by Crippen LogP contribution is 2.32. The lowest BCUT2D eigenvalue weighted by atomic mass is 10.1. The lowest BCUT2D eigenvalue weighted by Crippen LogP contribution is -3.13. The maximum absolute atomic E-state index is 12.5. The maximum Gasteiger partial charge on any atom is 0.278 e. The smallest absolute Gasteiger partial charge is 0.278 e. The summed E-state index contributed by atoms with van der Waals surface area (Å²) in [7, 11) is 0. The summed E-state index contributed by atoms with van der Waals surface area (Å²) < 4.78 is 10.8. The van der Waals surface area contributed by atoms with Crippen LogP contribution in [0.2, 0.25) is 0 Å². The molecule has 2 amide bonds. The molecule has 0 spiro atoms. The SMILES string of the molecule is O=C1NCC[NH2+][C@@H]1CC(=O)N1CC[NH+](Cc2ccc3c(c2)OCO3)CC1. The minimum Gasteiger partial charge on any atom is -0.454 e. The first-order valence-corrected chi connectivity index (χ1v) is 9.30. The molecule has 1 aromatic carbocycles. The van der Waals surface area contributed by atoms with Crippen LogP contribution in [0.5, 0.6) is 11.5 Å². The Labute approximate surface area is 152 Å². The number of hydrogen-bond acceptors (Lipinski definition) is 4. The summed E-state index contributed by atoms with van der Waals surface area (Å²) in [5, 5.41) is 4.80. The van der Waals surface area contributed by atoms with E-state index in [1.807, 2.05) is 22.3 Å². The highest BCUT2D eigenvalue weighted by atomic mass is 16.7. The molecule has 26 heavy (non-hydrogen) atoms. The Hall–Kier alpha value is -2.32. The van der Waals surface area contributed by atoms with Crippen LogP contribution in [0.1, 0.15) is 12.0 Å². The van der Waals surface area contributed by atoms with Gasteiger partial charge in [0, 0.05) is 5.56 Å². The predicted molar refractivity (Wildman–Crippen MR) is 91.8 cm³/mol. The zero-order valence-electron chi connectivity index (χ0n) is 14.8. The van der Waals surface area contributed by atoms with Gasteiger partial charge in [0.15, 0.2) is 17.5 Å². The molecule has 140 valence electrons. The number of benzene rings is 1. The minimum atomic E-state index is -0.268. The van der Waals surface area contributed by atoms with Crippen LogP contribution in [0.3, 0.4) is 0 Å². The third-order valence-electron chi connectivity index (χ3n) is 5.34. The minimum absolute atomic E-state index is 0.0170. The molecular weight excluding hydrogens is 336 g/mol. The van der Waals surface area contributed by atoms with Gasteiger partial charge >= 0.3 is 0 Å². The van der Waals surface area contributed by atoms with Crippen LogP contribution in [0.25, 0.3) is 0 Å². The van der Waals surface area contributed by atoms with Gasteiger partial charge in [-0.2, -0.15) is 0 Å². The van der Waals surface area contributed by atoms with Crippen LogP contribution in [0, 0.1) is 0 Å². The zero-order valence-corrected chi connectivity index (χ0v) is 14.8. The van der Waals surface area contributed by atoms with Crippen LogP contribution >= 0.6 is 0 Å². The fraction of sp³-hybridized carbons (Fsp3) is 0.556. The number of quaternary nitrogens is 2. The molecule has 4 rings (SSSR count). The van der Waals surface area contributed by atoms with Gasteiger partial charge in [0.25, 0.3) is 5.91 Å². The topological polar surface area (TPSA) is 88.9 Å². The van der Waals surface area contributed by atoms with Gasteiger partial charge in [-0.05, 0) is 18.2 Å². The largest absolute Gasteiger partial charge is 0.454 e. The third-order valence-corrected chi connectivity index (χ3v) is 5.34. The lowest BCUT2D eigenvalue weighted by molar-refractivity contribution is -0.917. The second kappa shape index (κ2) is 7.51. The molecule has 2 fully saturated rings. The van der Waals surface area contributed by atoms with E-state index in [1.54, 1.807) is 0 Å². The van der Waals surface area contributed by atoms with E-state index in [0.717, 1.165) is 50.8 Å². The average molecular weight is 362 g/mol. The first kappa shape index (κ1) is 17.1. The zero-order chi connectivity index (χ0) is 17.9. The van der Waals surface area contributed by atoms with Gasteiger partial charge in [-0.25, -0.2) is 0 Å². The van der Waals surface area contributed by atoms with E-state index < -0.39 is 0 Å². The highest BCUT2D eigenvalue weighted by molar-refractivity contribution is 5.87. The summed E-state index contributed by atoms with van der Waals surface area (Å²) in [4.78, 5) is 27.7. The average Bonchev–Trinajstić information content (AvgIpc) is 3.12. The van der Waals surface area contributed by atoms with Crippen molar-refractivity contribution in [2.24, 2.45) is 0 Å². The van der Waals surface area contributed by atoms with Crippen molar-refractivity contribution >= 4 is 11.8 Å². The van der Waals surface area contributed by atoms with Gasteiger partial charge in [0.1, 0.15) is 6.54 Å². The molecule has 0 aliphatic carbocycles. The molecule has 8 nitrogen and oxygen atoms in total. The van der Waals surface area contributed by atoms with E-state index in [4.69, 9.17) is 9.47 Å². The first-order valence-electron chi connectivity index (χ1n) is 9.30. The Bertz CT molecular complexity index is 688. The summed E-state index contributed by atoms with van der Waals surface area (Å²) >= 11 is 0. The van der Waals surface area contributed by atoms with Crippen LogP contribution in [-0.2, 0) is 16.1 Å². The summed E-state index contributed by atoms with van der Waals surface area (Å²) in [5.41, 5.74) is 1.22. The predicted octanol–water partition coefficient (Wildman–Crippen LogP) is -2.91. The van der Waals surface area contributed by atoms with Crippen LogP contribution < -0.4 is 25.0 Å². The summed E-state index contributed by atoms with van der Waals surface area (Å²) in [6, 6.07) is 5.82. The first-order chi connectivity index (χ1) is 12.7. The van der Waals surface area contributed by atoms with Gasteiger partial charge in [0.2, 0.25) is 12.7 Å². The normalized spacial score (nSPS) is 23.0. The molecule has 0 bridgehead atoms. The Morgan fingerprint density at radius 3 is 2.88 bits per heavy atom. The summed E-state index contributed by atoms with van der Waals surface area (Å²) in [6.07, 6.45) is 0.295. The Morgan fingerprint density at radius 1 is 1.27 bits per heavy atom. The Morgan fingerprint density at radius 2 is 2.08 bits per heavy atom. The summed E-state index contributed by atoms with van der Waals surface area (Å²) in [6.45, 7) is 6.06. The van der Waals surface area contributed by atoms with Gasteiger partial charge < -0.3 is 29.9 Å². The molecule has 0 unspecified atom stereocenters. The van der Waals surface area contributed by atoms with Crippen molar-refractivity contribution in [3.8, 4) is 11.5 Å². The number of nitrogens with one attached hydrogen (secondary N) is 2. The fourth-order valence-electron chi connectivity index (χ4n) is 3.80. The van der Waals surface area contributed by atoms with Gasteiger partial charge in [0.05, 0.1) is 45.7 Å². The van der Waals surface area contributed by atoms with Crippen LogP contribution in [-0.4, -0.2) is 68.8 Å². The molecule has 8 heteroatoms. The van der Waals surface area contributed by atoms with Crippen molar-refractivity contribution in [1.29, 1.82) is 0 Å². The number of ether oxygens (including phenoxy) is 2. The molecule has 0 radical (unpaired) electrons. The lowest BCUT2D eigenvalue weighted by Gasteiger charge is -2.33. The second-order valence-electron chi connectivity index (χ2n) is 7.12. The highest BCUT2D eigenvalue weighted by Gasteiger charge is 2.31. The number of nitrogens with two attached hydrogens (primary N) is 1. The summed E-state index contributed by atoms with van der Waals surface area (Å²) in [5.74, 6) is 1.70. The number of carbonyl (C=O) groups is 2. The van der Waals surface area contributed by atoms with E-state index >= 15 is 0 Å². The fourth-order valence-corrected chi connectivity index (χ4v) is 3.80. The number of amides is 2. The third kappa shape index (κ3) is 3.76. The van der Waals surface area contributed by atoms with Gasteiger partial charge in [-0.3, -0.25) is 9.59 Å². The van der Waals surface area contributed by atoms with Crippen molar-refractivity contribution in [3.05, 3.63) is 23.8 Å². The van der Waals surface area contributed by atoms with Crippen molar-refractivity contribution in [3.63, 3.8) is 0 Å². The monoisotopic (exact) mass is 362 g/mol. The van der Waals surface area contributed by atoms with E-state index in [-0.39, 0.29) is 17.9 Å². The number of nitrogens with zero attached hydrogens (tertiary/aromatic N) is 1. The maximum atomic E-state index is 12.5. The van der Waals surface area contributed by atoms with Crippen LogP contribution in [0.15, 0.2) is 18.2 Å². The van der Waals surface area contributed by atoms with Crippen molar-refractivity contribution in [1.82, 2.24) is 10.2 Å². The van der Waals surface area contributed by atoms with E-state index in [9.17, 15) is 9.59 Å². The van der Waals surface area contributed by atoms with E-state index in [1.165, 1.54) is 10.5 Å². The van der Waals surface area contributed by atoms with Gasteiger partial charge in [-0.15, -0.1) is 0 Å². The molecule has 4 N–H and O–H groups in total. The van der Waals surface area contributed by atoms with Crippen LogP contribution in [0.4, 0.5) is 0 Å². The molecule has 0 aromatic heterocycles. The van der Waals surface area contributed by atoms with Crippen molar-refractivity contribution in [2.45, 2.75) is 19.0 Å². The molecule has 0 saturated carbocycles. The number of carbonyl (C=O) groups excluding carboxylic acids is 2.